The number of sulfone groups is 1. The fourth-order valence-corrected chi connectivity index (χ4v) is 5.24. The average molecular weight is 342 g/mol. The Bertz CT molecular complexity index is 718. The molecule has 0 amide bonds. The Kier molecular flexibility index (Phi) is 4.38. The zero-order valence-electron chi connectivity index (χ0n) is 10.3. The Hall–Kier alpha value is -0.700. The maximum absolute atomic E-state index is 13.0. The Morgan fingerprint density at radius 3 is 2.65 bits per heavy atom. The van der Waals surface area contributed by atoms with Gasteiger partial charge in [0.1, 0.15) is 5.82 Å². The average Bonchev–Trinajstić information content (AvgIpc) is 2.70. The van der Waals surface area contributed by atoms with Gasteiger partial charge in [0.25, 0.3) is 0 Å². The van der Waals surface area contributed by atoms with Crippen molar-refractivity contribution in [2.24, 2.45) is 5.92 Å². The molecule has 9 heteroatoms. The molecule has 1 N–H and O–H groups in total. The zero-order valence-corrected chi connectivity index (χ0v) is 12.7. The molecule has 20 heavy (non-hydrogen) atoms. The van der Waals surface area contributed by atoms with Gasteiger partial charge in [-0.2, -0.15) is 0 Å². The van der Waals surface area contributed by atoms with Gasteiger partial charge in [-0.1, -0.05) is 11.6 Å². The van der Waals surface area contributed by atoms with Gasteiger partial charge >= 0.3 is 0 Å². The summed E-state index contributed by atoms with van der Waals surface area (Å²) in [4.78, 5) is -0.148. The van der Waals surface area contributed by atoms with Crippen LogP contribution in [0.25, 0.3) is 0 Å². The number of halogens is 2. The quantitative estimate of drug-likeness (QED) is 0.892. The molecule has 0 saturated carbocycles. The molecule has 1 aliphatic heterocycles. The molecule has 0 bridgehead atoms. The molecule has 0 aromatic heterocycles. The monoisotopic (exact) mass is 341 g/mol. The van der Waals surface area contributed by atoms with E-state index in [0.717, 1.165) is 18.2 Å². The van der Waals surface area contributed by atoms with Crippen molar-refractivity contribution in [3.8, 4) is 0 Å². The van der Waals surface area contributed by atoms with E-state index in [1.165, 1.54) is 0 Å². The maximum atomic E-state index is 13.0. The SMILES string of the molecule is O=S1(=O)CC[C@H](CNS(=O)(=O)c2ccc(F)c(Cl)c2)C1. The molecule has 1 fully saturated rings. The topological polar surface area (TPSA) is 80.3 Å². The second kappa shape index (κ2) is 5.59. The molecule has 1 saturated heterocycles. The van der Waals surface area contributed by atoms with Gasteiger partial charge in [-0.25, -0.2) is 25.9 Å². The van der Waals surface area contributed by atoms with Crippen LogP contribution in [0.5, 0.6) is 0 Å². The molecule has 1 aliphatic rings. The Balaban J connectivity index is 2.06. The number of hydrogen-bond donors (Lipinski definition) is 1. The predicted octanol–water partition coefficient (Wildman–Crippen LogP) is 1.19. The van der Waals surface area contributed by atoms with Gasteiger partial charge in [-0.3, -0.25) is 0 Å². The smallest absolute Gasteiger partial charge is 0.229 e. The standard InChI is InChI=1S/C11H13ClFNO4S2/c12-10-5-9(1-2-11(10)13)20(17,18)14-6-8-3-4-19(15,16)7-8/h1-2,5,8,14H,3-4,6-7H2/t8-/m1/s1. The molecule has 0 unspecified atom stereocenters. The predicted molar refractivity (Wildman–Crippen MR) is 73.4 cm³/mol. The first-order valence-corrected chi connectivity index (χ1v) is 9.53. The molecule has 112 valence electrons. The van der Waals surface area contributed by atoms with Gasteiger partial charge in [0.05, 0.1) is 21.4 Å². The molecule has 0 spiro atoms. The molecular formula is C11H13ClFNO4S2. The summed E-state index contributed by atoms with van der Waals surface area (Å²) >= 11 is 5.54. The normalized spacial score (nSPS) is 22.0. The second-order valence-electron chi connectivity index (χ2n) is 4.70. The molecule has 1 atom stereocenters. The number of nitrogens with one attached hydrogen (secondary N) is 1. The minimum atomic E-state index is -3.82. The van der Waals surface area contributed by atoms with Crippen molar-refractivity contribution in [2.45, 2.75) is 11.3 Å². The van der Waals surface area contributed by atoms with Crippen LogP contribution in [0, 0.1) is 11.7 Å². The van der Waals surface area contributed by atoms with Gasteiger partial charge in [0.15, 0.2) is 9.84 Å². The lowest BCUT2D eigenvalue weighted by Crippen LogP contribution is -2.30. The highest BCUT2D eigenvalue weighted by atomic mass is 35.5. The van der Waals surface area contributed by atoms with Gasteiger partial charge in [-0.05, 0) is 30.5 Å². The first kappa shape index (κ1) is 15.7. The van der Waals surface area contributed by atoms with Crippen molar-refractivity contribution < 1.29 is 21.2 Å². The van der Waals surface area contributed by atoms with Crippen LogP contribution in [-0.4, -0.2) is 34.9 Å². The van der Waals surface area contributed by atoms with E-state index in [1.54, 1.807) is 0 Å². The second-order valence-corrected chi connectivity index (χ2v) is 9.10. The van der Waals surface area contributed by atoms with E-state index < -0.39 is 25.7 Å². The molecule has 0 aliphatic carbocycles. The van der Waals surface area contributed by atoms with Crippen LogP contribution in [0.4, 0.5) is 4.39 Å². The maximum Gasteiger partial charge on any atom is 0.240 e. The van der Waals surface area contributed by atoms with Crippen molar-refractivity contribution >= 4 is 31.5 Å². The van der Waals surface area contributed by atoms with Crippen molar-refractivity contribution in [1.29, 1.82) is 0 Å². The van der Waals surface area contributed by atoms with E-state index in [4.69, 9.17) is 11.6 Å². The highest BCUT2D eigenvalue weighted by Gasteiger charge is 2.29. The number of rotatable bonds is 4. The van der Waals surface area contributed by atoms with Gasteiger partial charge < -0.3 is 0 Å². The fourth-order valence-electron chi connectivity index (χ4n) is 1.99. The molecule has 1 heterocycles. The van der Waals surface area contributed by atoms with Crippen molar-refractivity contribution in [2.75, 3.05) is 18.1 Å². The third-order valence-electron chi connectivity index (χ3n) is 3.09. The minimum absolute atomic E-state index is 0.0142. The molecule has 0 radical (unpaired) electrons. The van der Waals surface area contributed by atoms with Gasteiger partial charge in [0.2, 0.25) is 10.0 Å². The third kappa shape index (κ3) is 3.69. The molecule has 5 nitrogen and oxygen atoms in total. The number of benzene rings is 1. The van der Waals surface area contributed by atoms with Gasteiger partial charge in [0, 0.05) is 6.54 Å². The highest BCUT2D eigenvalue weighted by molar-refractivity contribution is 7.91. The van der Waals surface area contributed by atoms with Crippen LogP contribution in [0.1, 0.15) is 6.42 Å². The molecule has 2 rings (SSSR count). The van der Waals surface area contributed by atoms with Crippen molar-refractivity contribution in [3.05, 3.63) is 29.0 Å². The number of sulfonamides is 1. The molecular weight excluding hydrogens is 329 g/mol. The van der Waals surface area contributed by atoms with Gasteiger partial charge in [-0.15, -0.1) is 0 Å². The van der Waals surface area contributed by atoms with E-state index in [9.17, 15) is 21.2 Å². The van der Waals surface area contributed by atoms with Crippen LogP contribution in [0.3, 0.4) is 0 Å². The minimum Gasteiger partial charge on any atom is -0.229 e. The summed E-state index contributed by atoms with van der Waals surface area (Å²) in [7, 11) is -6.87. The summed E-state index contributed by atoms with van der Waals surface area (Å²) in [6, 6.07) is 3.09. The highest BCUT2D eigenvalue weighted by Crippen LogP contribution is 2.21. The molecule has 1 aromatic rings. The summed E-state index contributed by atoms with van der Waals surface area (Å²) in [6.07, 6.45) is 0.440. The van der Waals surface area contributed by atoms with Crippen LogP contribution in [0.2, 0.25) is 5.02 Å². The fraction of sp³-hybridized carbons (Fsp3) is 0.455. The lowest BCUT2D eigenvalue weighted by Gasteiger charge is -2.10. The van der Waals surface area contributed by atoms with E-state index in [-0.39, 0.29) is 33.9 Å². The molecule has 1 aromatic carbocycles. The third-order valence-corrected chi connectivity index (χ3v) is 6.64. The Morgan fingerprint density at radius 1 is 1.40 bits per heavy atom. The lowest BCUT2D eigenvalue weighted by molar-refractivity contribution is 0.543. The lowest BCUT2D eigenvalue weighted by atomic mass is 10.1. The summed E-state index contributed by atoms with van der Waals surface area (Å²) in [5, 5.41) is -0.281. The van der Waals surface area contributed by atoms with Crippen LogP contribution in [-0.2, 0) is 19.9 Å². The summed E-state index contributed by atoms with van der Waals surface area (Å²) in [6.45, 7) is 0.0383. The first-order valence-electron chi connectivity index (χ1n) is 5.85. The first-order chi connectivity index (χ1) is 9.20. The summed E-state index contributed by atoms with van der Waals surface area (Å²) in [5.74, 6) is -0.861. The Labute approximate surface area is 122 Å². The van der Waals surface area contributed by atoms with Crippen molar-refractivity contribution in [1.82, 2.24) is 4.72 Å². The van der Waals surface area contributed by atoms with E-state index in [2.05, 4.69) is 4.72 Å². The van der Waals surface area contributed by atoms with E-state index in [1.807, 2.05) is 0 Å². The zero-order chi connectivity index (χ0) is 15.0. The van der Waals surface area contributed by atoms with E-state index in [0.29, 0.717) is 6.42 Å². The largest absolute Gasteiger partial charge is 0.240 e. The Morgan fingerprint density at radius 2 is 2.10 bits per heavy atom. The number of hydrogen-bond acceptors (Lipinski definition) is 4. The van der Waals surface area contributed by atoms with E-state index >= 15 is 0 Å². The summed E-state index contributed by atoms with van der Waals surface area (Å²) in [5.41, 5.74) is 0. The van der Waals surface area contributed by atoms with Crippen molar-refractivity contribution in [3.63, 3.8) is 0 Å². The van der Waals surface area contributed by atoms with Crippen LogP contribution in [0.15, 0.2) is 23.1 Å². The summed E-state index contributed by atoms with van der Waals surface area (Å²) < 4.78 is 61.8. The van der Waals surface area contributed by atoms with Crippen LogP contribution >= 0.6 is 11.6 Å². The van der Waals surface area contributed by atoms with Crippen LogP contribution < -0.4 is 4.72 Å².